The van der Waals surface area contributed by atoms with Gasteiger partial charge in [-0.3, -0.25) is 4.79 Å². The van der Waals surface area contributed by atoms with Crippen LogP contribution in [0.5, 0.6) is 0 Å². The summed E-state index contributed by atoms with van der Waals surface area (Å²) in [7, 11) is 0. The van der Waals surface area contributed by atoms with E-state index in [1.165, 1.54) is 25.7 Å². The lowest BCUT2D eigenvalue weighted by atomic mass is 9.69. The molecule has 0 aromatic carbocycles. The van der Waals surface area contributed by atoms with Gasteiger partial charge in [0.1, 0.15) is 0 Å². The molecule has 2 fully saturated rings. The summed E-state index contributed by atoms with van der Waals surface area (Å²) in [5.41, 5.74) is 0.315. The van der Waals surface area contributed by atoms with Crippen molar-refractivity contribution in [3.05, 3.63) is 0 Å². The summed E-state index contributed by atoms with van der Waals surface area (Å²) in [4.78, 5) is 12.1. The van der Waals surface area contributed by atoms with Crippen LogP contribution >= 0.6 is 0 Å². The molecule has 0 spiro atoms. The van der Waals surface area contributed by atoms with Gasteiger partial charge >= 0.3 is 0 Å². The van der Waals surface area contributed by atoms with Gasteiger partial charge in [0, 0.05) is 25.3 Å². The van der Waals surface area contributed by atoms with Crippen molar-refractivity contribution in [3.63, 3.8) is 0 Å². The van der Waals surface area contributed by atoms with E-state index >= 15 is 0 Å². The second kappa shape index (κ2) is 7.59. The van der Waals surface area contributed by atoms with Crippen LogP contribution in [0.25, 0.3) is 0 Å². The van der Waals surface area contributed by atoms with Crippen LogP contribution in [0.15, 0.2) is 0 Å². The number of amides is 1. The Morgan fingerprint density at radius 1 is 1.10 bits per heavy atom. The van der Waals surface area contributed by atoms with E-state index in [9.17, 15) is 4.79 Å². The minimum absolute atomic E-state index is 0.139. The summed E-state index contributed by atoms with van der Waals surface area (Å²) < 4.78 is 5.32. The van der Waals surface area contributed by atoms with Crippen molar-refractivity contribution in [2.75, 3.05) is 19.8 Å². The Labute approximate surface area is 129 Å². The second-order valence-corrected chi connectivity index (χ2v) is 7.70. The minimum Gasteiger partial charge on any atom is -0.381 e. The zero-order valence-electron chi connectivity index (χ0n) is 13.9. The van der Waals surface area contributed by atoms with E-state index in [-0.39, 0.29) is 5.91 Å². The van der Waals surface area contributed by atoms with E-state index in [1.54, 1.807) is 0 Å². The Balaban J connectivity index is 1.76. The van der Waals surface area contributed by atoms with Gasteiger partial charge in [-0.05, 0) is 37.0 Å². The second-order valence-electron chi connectivity index (χ2n) is 7.70. The highest BCUT2D eigenvalue weighted by atomic mass is 16.5. The van der Waals surface area contributed by atoms with Crippen LogP contribution < -0.4 is 10.6 Å². The van der Waals surface area contributed by atoms with Crippen molar-refractivity contribution in [3.8, 4) is 0 Å². The van der Waals surface area contributed by atoms with Gasteiger partial charge in [-0.1, -0.05) is 33.6 Å². The van der Waals surface area contributed by atoms with Crippen molar-refractivity contribution in [1.82, 2.24) is 10.6 Å². The third-order valence-corrected chi connectivity index (χ3v) is 4.99. The van der Waals surface area contributed by atoms with E-state index in [4.69, 9.17) is 4.74 Å². The molecule has 2 unspecified atom stereocenters. The van der Waals surface area contributed by atoms with Crippen LogP contribution in [0, 0.1) is 11.3 Å². The molecule has 1 saturated heterocycles. The van der Waals surface area contributed by atoms with Gasteiger partial charge in [-0.25, -0.2) is 0 Å². The van der Waals surface area contributed by atoms with Crippen LogP contribution in [-0.2, 0) is 9.53 Å². The van der Waals surface area contributed by atoms with Gasteiger partial charge in [0.25, 0.3) is 0 Å². The molecule has 0 radical (unpaired) electrons. The fourth-order valence-electron chi connectivity index (χ4n) is 3.76. The van der Waals surface area contributed by atoms with E-state index < -0.39 is 0 Å². The fourth-order valence-corrected chi connectivity index (χ4v) is 3.76. The predicted octanol–water partition coefficient (Wildman–Crippen LogP) is 2.48. The highest BCUT2D eigenvalue weighted by molar-refractivity contribution is 5.78. The quantitative estimate of drug-likeness (QED) is 0.838. The third kappa shape index (κ3) is 5.26. The van der Waals surface area contributed by atoms with Crippen molar-refractivity contribution in [2.24, 2.45) is 11.3 Å². The Morgan fingerprint density at radius 2 is 1.76 bits per heavy atom. The molecule has 0 aromatic rings. The molecule has 2 N–H and O–H groups in total. The van der Waals surface area contributed by atoms with Gasteiger partial charge < -0.3 is 15.4 Å². The summed E-state index contributed by atoms with van der Waals surface area (Å²) in [5.74, 6) is 0.808. The molecule has 4 nitrogen and oxygen atoms in total. The lowest BCUT2D eigenvalue weighted by Gasteiger charge is -2.41. The number of carbonyl (C=O) groups excluding carboxylic acids is 1. The van der Waals surface area contributed by atoms with E-state index in [2.05, 4.69) is 31.4 Å². The molecule has 122 valence electrons. The summed E-state index contributed by atoms with van der Waals surface area (Å²) in [6, 6.07) is 0.789. The van der Waals surface area contributed by atoms with Crippen molar-refractivity contribution >= 4 is 5.91 Å². The molecule has 2 rings (SSSR count). The first kappa shape index (κ1) is 16.8. The maximum Gasteiger partial charge on any atom is 0.234 e. The largest absolute Gasteiger partial charge is 0.381 e. The van der Waals surface area contributed by atoms with Crippen LogP contribution in [-0.4, -0.2) is 37.7 Å². The SMILES string of the molecule is CC(C)(C)C1CCCCC1NCC(=O)NC1CCOCC1. The number of ether oxygens (including phenoxy) is 1. The van der Waals surface area contributed by atoms with Gasteiger partial charge in [-0.2, -0.15) is 0 Å². The van der Waals surface area contributed by atoms with Crippen LogP contribution in [0.1, 0.15) is 59.3 Å². The summed E-state index contributed by atoms with van der Waals surface area (Å²) in [6.07, 6.45) is 6.98. The normalized spacial score (nSPS) is 28.3. The lowest BCUT2D eigenvalue weighted by Crippen LogP contribution is -2.49. The molecule has 1 amide bonds. The molecule has 1 aliphatic heterocycles. The van der Waals surface area contributed by atoms with E-state index in [1.807, 2.05) is 0 Å². The number of hydrogen-bond donors (Lipinski definition) is 2. The Morgan fingerprint density at radius 3 is 2.43 bits per heavy atom. The van der Waals surface area contributed by atoms with Gasteiger partial charge in [0.2, 0.25) is 5.91 Å². The van der Waals surface area contributed by atoms with Crippen LogP contribution in [0.3, 0.4) is 0 Å². The smallest absolute Gasteiger partial charge is 0.234 e. The van der Waals surface area contributed by atoms with Crippen LogP contribution in [0.2, 0.25) is 0 Å². The fraction of sp³-hybridized carbons (Fsp3) is 0.941. The molecule has 2 atom stereocenters. The molecule has 1 aliphatic carbocycles. The summed E-state index contributed by atoms with van der Waals surface area (Å²) >= 11 is 0. The topological polar surface area (TPSA) is 50.4 Å². The average molecular weight is 296 g/mol. The average Bonchev–Trinajstić information content (AvgIpc) is 2.45. The number of carbonyl (C=O) groups is 1. The zero-order valence-corrected chi connectivity index (χ0v) is 13.9. The number of nitrogens with one attached hydrogen (secondary N) is 2. The maximum absolute atomic E-state index is 12.1. The van der Waals surface area contributed by atoms with Crippen LogP contribution in [0.4, 0.5) is 0 Å². The molecule has 2 aliphatic rings. The minimum atomic E-state index is 0.139. The third-order valence-electron chi connectivity index (χ3n) is 4.99. The molecule has 21 heavy (non-hydrogen) atoms. The molecule has 0 aromatic heterocycles. The molecule has 1 saturated carbocycles. The first-order chi connectivity index (χ1) is 9.97. The van der Waals surface area contributed by atoms with Crippen molar-refractivity contribution in [2.45, 2.75) is 71.4 Å². The highest BCUT2D eigenvalue weighted by Crippen LogP contribution is 2.37. The number of hydrogen-bond acceptors (Lipinski definition) is 3. The van der Waals surface area contributed by atoms with Gasteiger partial charge in [0.05, 0.1) is 6.54 Å². The first-order valence-corrected chi connectivity index (χ1v) is 8.57. The zero-order chi connectivity index (χ0) is 15.3. The molecular weight excluding hydrogens is 264 g/mol. The maximum atomic E-state index is 12.1. The molecular formula is C17H32N2O2. The van der Waals surface area contributed by atoms with E-state index in [0.29, 0.717) is 30.0 Å². The molecule has 4 heteroatoms. The Hall–Kier alpha value is -0.610. The Bertz CT molecular complexity index is 332. The lowest BCUT2D eigenvalue weighted by molar-refractivity contribution is -0.121. The Kier molecular flexibility index (Phi) is 6.06. The summed E-state index contributed by atoms with van der Waals surface area (Å²) in [5, 5.41) is 6.65. The predicted molar refractivity (Wildman–Crippen MR) is 85.2 cm³/mol. The highest BCUT2D eigenvalue weighted by Gasteiger charge is 2.34. The number of rotatable bonds is 4. The monoisotopic (exact) mass is 296 g/mol. The standard InChI is InChI=1S/C17H32N2O2/c1-17(2,3)14-6-4-5-7-15(14)18-12-16(20)19-13-8-10-21-11-9-13/h13-15,18H,4-12H2,1-3H3,(H,19,20). The summed E-state index contributed by atoms with van der Waals surface area (Å²) in [6.45, 7) is 8.95. The van der Waals surface area contributed by atoms with Crippen molar-refractivity contribution < 1.29 is 9.53 Å². The van der Waals surface area contributed by atoms with Gasteiger partial charge in [0.15, 0.2) is 0 Å². The van der Waals surface area contributed by atoms with Gasteiger partial charge in [-0.15, -0.1) is 0 Å². The van der Waals surface area contributed by atoms with E-state index in [0.717, 1.165) is 26.1 Å². The molecule has 0 bridgehead atoms. The van der Waals surface area contributed by atoms with Crippen molar-refractivity contribution in [1.29, 1.82) is 0 Å². The molecule has 1 heterocycles. The first-order valence-electron chi connectivity index (χ1n) is 8.57.